The molecule has 0 aliphatic rings. The van der Waals surface area contributed by atoms with Crippen LogP contribution in [0.4, 0.5) is 0 Å². The van der Waals surface area contributed by atoms with Gasteiger partial charge >= 0.3 is 0 Å². The number of hydrogen-bond donors (Lipinski definition) is 1. The number of rotatable bonds is 1. The molecule has 96 valence electrons. The fourth-order valence-corrected chi connectivity index (χ4v) is 1.78. The number of benzene rings is 1. The molecule has 0 amide bonds. The molecule has 1 nitrogen and oxygen atoms in total. The van der Waals surface area contributed by atoms with Crippen molar-refractivity contribution in [3.8, 4) is 0 Å². The van der Waals surface area contributed by atoms with Crippen molar-refractivity contribution in [1.82, 2.24) is 0 Å². The molecule has 1 atom stereocenters. The molecule has 1 aromatic rings. The minimum absolute atomic E-state index is 0.0573. The number of aliphatic hydroxyl groups is 1. The standard InChI is InChI=1S/C15H23ClO/c1-14(2,3)11-7-10(13(16)17)8-12(9-11)15(4,5)6/h7-9,13,17H,1-6H3. The van der Waals surface area contributed by atoms with Crippen LogP contribution in [-0.4, -0.2) is 5.11 Å². The van der Waals surface area contributed by atoms with Crippen molar-refractivity contribution in [2.24, 2.45) is 0 Å². The number of halogens is 1. The number of hydrogen-bond acceptors (Lipinski definition) is 1. The van der Waals surface area contributed by atoms with E-state index in [2.05, 4.69) is 47.6 Å². The summed E-state index contributed by atoms with van der Waals surface area (Å²) in [4.78, 5) is 0. The Kier molecular flexibility index (Phi) is 3.95. The van der Waals surface area contributed by atoms with Gasteiger partial charge in [0.2, 0.25) is 0 Å². The normalized spacial score (nSPS) is 14.8. The van der Waals surface area contributed by atoms with Crippen molar-refractivity contribution >= 4 is 11.6 Å². The molecule has 0 aromatic heterocycles. The Morgan fingerprint density at radius 3 is 1.47 bits per heavy atom. The maximum absolute atomic E-state index is 9.57. The highest BCUT2D eigenvalue weighted by molar-refractivity contribution is 6.19. The summed E-state index contributed by atoms with van der Waals surface area (Å²) >= 11 is 5.80. The summed E-state index contributed by atoms with van der Waals surface area (Å²) in [5.74, 6) is 0. The van der Waals surface area contributed by atoms with Crippen molar-refractivity contribution in [2.75, 3.05) is 0 Å². The minimum Gasteiger partial charge on any atom is -0.373 e. The molecule has 0 radical (unpaired) electrons. The van der Waals surface area contributed by atoms with E-state index in [1.807, 2.05) is 12.1 Å². The number of alkyl halides is 1. The third-order valence-corrected chi connectivity index (χ3v) is 3.21. The molecule has 0 spiro atoms. The molecule has 0 aliphatic carbocycles. The van der Waals surface area contributed by atoms with Crippen molar-refractivity contribution in [3.63, 3.8) is 0 Å². The predicted octanol–water partition coefficient (Wildman–Crippen LogP) is 4.51. The van der Waals surface area contributed by atoms with Crippen molar-refractivity contribution in [2.45, 2.75) is 57.9 Å². The van der Waals surface area contributed by atoms with E-state index in [0.29, 0.717) is 0 Å². The molecule has 1 unspecified atom stereocenters. The zero-order chi connectivity index (χ0) is 13.4. The topological polar surface area (TPSA) is 20.2 Å². The lowest BCUT2D eigenvalue weighted by Gasteiger charge is -2.26. The van der Waals surface area contributed by atoms with E-state index in [4.69, 9.17) is 11.6 Å². The van der Waals surface area contributed by atoms with Gasteiger partial charge in [-0.2, -0.15) is 0 Å². The summed E-state index contributed by atoms with van der Waals surface area (Å²) in [6, 6.07) is 6.20. The average molecular weight is 255 g/mol. The summed E-state index contributed by atoms with van der Waals surface area (Å²) in [6.07, 6.45) is 0. The van der Waals surface area contributed by atoms with Gasteiger partial charge in [0.1, 0.15) is 0 Å². The second-order valence-corrected chi connectivity index (χ2v) is 7.09. The lowest BCUT2D eigenvalue weighted by molar-refractivity contribution is 0.262. The number of aliphatic hydroxyl groups excluding tert-OH is 1. The average Bonchev–Trinajstić information content (AvgIpc) is 2.14. The van der Waals surface area contributed by atoms with Crippen LogP contribution >= 0.6 is 11.6 Å². The third-order valence-electron chi connectivity index (χ3n) is 2.96. The van der Waals surface area contributed by atoms with Gasteiger partial charge in [0.15, 0.2) is 5.56 Å². The Balaban J connectivity index is 3.40. The van der Waals surface area contributed by atoms with Crippen LogP contribution in [-0.2, 0) is 10.8 Å². The third kappa shape index (κ3) is 3.72. The van der Waals surface area contributed by atoms with E-state index >= 15 is 0 Å². The van der Waals surface area contributed by atoms with E-state index in [-0.39, 0.29) is 10.8 Å². The van der Waals surface area contributed by atoms with Crippen LogP contribution in [0.25, 0.3) is 0 Å². The van der Waals surface area contributed by atoms with Crippen LogP contribution in [0.2, 0.25) is 0 Å². The molecule has 1 aromatic carbocycles. The molecule has 0 saturated carbocycles. The van der Waals surface area contributed by atoms with E-state index in [9.17, 15) is 5.11 Å². The van der Waals surface area contributed by atoms with Gasteiger partial charge in [0.05, 0.1) is 0 Å². The van der Waals surface area contributed by atoms with Gasteiger partial charge in [0.25, 0.3) is 0 Å². The highest BCUT2D eigenvalue weighted by atomic mass is 35.5. The van der Waals surface area contributed by atoms with Gasteiger partial charge < -0.3 is 5.11 Å². The van der Waals surface area contributed by atoms with Crippen molar-refractivity contribution < 1.29 is 5.11 Å². The monoisotopic (exact) mass is 254 g/mol. The first-order valence-electron chi connectivity index (χ1n) is 6.00. The smallest absolute Gasteiger partial charge is 0.153 e. The van der Waals surface area contributed by atoms with Gasteiger partial charge in [-0.05, 0) is 27.5 Å². The van der Waals surface area contributed by atoms with E-state index in [0.717, 1.165) is 5.56 Å². The van der Waals surface area contributed by atoms with Crippen LogP contribution in [0.5, 0.6) is 0 Å². The van der Waals surface area contributed by atoms with Gasteiger partial charge in [-0.25, -0.2) is 0 Å². The lowest BCUT2D eigenvalue weighted by Crippen LogP contribution is -2.17. The summed E-state index contributed by atoms with van der Waals surface area (Å²) in [7, 11) is 0. The molecule has 0 fully saturated rings. The van der Waals surface area contributed by atoms with Crippen LogP contribution in [0.15, 0.2) is 18.2 Å². The summed E-state index contributed by atoms with van der Waals surface area (Å²) in [6.45, 7) is 13.0. The molecule has 2 heteroatoms. The SMILES string of the molecule is CC(C)(C)c1cc(C(O)Cl)cc(C(C)(C)C)c1. The largest absolute Gasteiger partial charge is 0.373 e. The van der Waals surface area contributed by atoms with Crippen LogP contribution in [0, 0.1) is 0 Å². The Hall–Kier alpha value is -0.530. The maximum Gasteiger partial charge on any atom is 0.153 e. The molecule has 0 heterocycles. The fraction of sp³-hybridized carbons (Fsp3) is 0.600. The highest BCUT2D eigenvalue weighted by Gasteiger charge is 2.21. The van der Waals surface area contributed by atoms with Gasteiger partial charge in [-0.15, -0.1) is 0 Å². The predicted molar refractivity (Wildman–Crippen MR) is 74.7 cm³/mol. The second kappa shape index (κ2) is 4.62. The Bertz CT molecular complexity index is 362. The molecule has 0 bridgehead atoms. The highest BCUT2D eigenvalue weighted by Crippen LogP contribution is 2.32. The zero-order valence-electron chi connectivity index (χ0n) is 11.6. The minimum atomic E-state index is -0.932. The molecule has 0 aliphatic heterocycles. The molecule has 0 saturated heterocycles. The summed E-state index contributed by atoms with van der Waals surface area (Å²) in [5.41, 5.74) is 2.38. The van der Waals surface area contributed by atoms with Crippen molar-refractivity contribution in [3.05, 3.63) is 34.9 Å². The van der Waals surface area contributed by atoms with Crippen LogP contribution in [0.3, 0.4) is 0 Å². The lowest BCUT2D eigenvalue weighted by atomic mass is 9.79. The first-order chi connectivity index (χ1) is 7.51. The van der Waals surface area contributed by atoms with E-state index in [1.165, 1.54) is 11.1 Å². The van der Waals surface area contributed by atoms with Gasteiger partial charge in [0, 0.05) is 0 Å². The van der Waals surface area contributed by atoms with E-state index in [1.54, 1.807) is 0 Å². The molecule has 1 N–H and O–H groups in total. The molecular formula is C15H23ClO. The van der Waals surface area contributed by atoms with Gasteiger partial charge in [-0.3, -0.25) is 0 Å². The van der Waals surface area contributed by atoms with Gasteiger partial charge in [-0.1, -0.05) is 71.3 Å². The Morgan fingerprint density at radius 1 is 0.882 bits per heavy atom. The van der Waals surface area contributed by atoms with Crippen molar-refractivity contribution in [1.29, 1.82) is 0 Å². The van der Waals surface area contributed by atoms with Crippen LogP contribution in [0.1, 0.15) is 63.8 Å². The summed E-state index contributed by atoms with van der Waals surface area (Å²) < 4.78 is 0. The van der Waals surface area contributed by atoms with Crippen LogP contribution < -0.4 is 0 Å². The fourth-order valence-electron chi connectivity index (χ4n) is 1.66. The Morgan fingerprint density at radius 2 is 1.24 bits per heavy atom. The second-order valence-electron chi connectivity index (χ2n) is 6.68. The first kappa shape index (κ1) is 14.5. The molecular weight excluding hydrogens is 232 g/mol. The van der Waals surface area contributed by atoms with E-state index < -0.39 is 5.56 Å². The quantitative estimate of drug-likeness (QED) is 0.731. The zero-order valence-corrected chi connectivity index (χ0v) is 12.4. The maximum atomic E-state index is 9.57. The molecule has 1 rings (SSSR count). The Labute approximate surface area is 110 Å². The first-order valence-corrected chi connectivity index (χ1v) is 6.43. The molecule has 17 heavy (non-hydrogen) atoms. The summed E-state index contributed by atoms with van der Waals surface area (Å²) in [5, 5.41) is 9.57.